The van der Waals surface area contributed by atoms with E-state index >= 15 is 0 Å². The van der Waals surface area contributed by atoms with E-state index < -0.39 is 17.5 Å². The maximum atomic E-state index is 13.4. The van der Waals surface area contributed by atoms with Gasteiger partial charge in [0.15, 0.2) is 0 Å². The number of amides is 1. The Morgan fingerprint density at radius 3 is 2.67 bits per heavy atom. The van der Waals surface area contributed by atoms with Crippen molar-refractivity contribution >= 4 is 17.4 Å². The van der Waals surface area contributed by atoms with Crippen LogP contribution < -0.4 is 4.90 Å². The van der Waals surface area contributed by atoms with Crippen molar-refractivity contribution in [3.8, 4) is 0 Å². The summed E-state index contributed by atoms with van der Waals surface area (Å²) in [5, 5.41) is 0. The molecule has 0 saturated carbocycles. The molecule has 4 heteroatoms. The van der Waals surface area contributed by atoms with Crippen LogP contribution in [0.4, 0.5) is 10.1 Å². The summed E-state index contributed by atoms with van der Waals surface area (Å²) in [5.41, 5.74) is 1.06. The van der Waals surface area contributed by atoms with Crippen molar-refractivity contribution in [1.29, 1.82) is 0 Å². The Labute approximate surface area is 86.5 Å². The van der Waals surface area contributed by atoms with Crippen LogP contribution in [0.15, 0.2) is 18.2 Å². The molecule has 1 aliphatic rings. The summed E-state index contributed by atoms with van der Waals surface area (Å²) < 4.78 is 13.4. The minimum atomic E-state index is -0.612. The average molecular weight is 207 g/mol. The first-order valence-electron chi connectivity index (χ1n) is 4.70. The minimum Gasteiger partial charge on any atom is -0.303 e. The molecule has 1 amide bonds. The zero-order chi connectivity index (χ0) is 11.0. The highest BCUT2D eigenvalue weighted by Crippen LogP contribution is 2.24. The molecule has 1 aromatic carbocycles. The summed E-state index contributed by atoms with van der Waals surface area (Å²) in [4.78, 5) is 23.6. The van der Waals surface area contributed by atoms with Crippen LogP contribution in [0.25, 0.3) is 0 Å². The number of aryl methyl sites for hydroxylation is 1. The number of rotatable bonds is 1. The highest BCUT2D eigenvalue weighted by Gasteiger charge is 2.31. The maximum absolute atomic E-state index is 13.4. The van der Waals surface area contributed by atoms with Gasteiger partial charge in [-0.05, 0) is 24.6 Å². The van der Waals surface area contributed by atoms with Gasteiger partial charge in [0.05, 0.1) is 5.69 Å². The molecule has 1 aromatic rings. The molecular weight excluding hydrogens is 197 g/mol. The van der Waals surface area contributed by atoms with Gasteiger partial charge in [-0.1, -0.05) is 6.07 Å². The monoisotopic (exact) mass is 207 g/mol. The van der Waals surface area contributed by atoms with Gasteiger partial charge in [0.25, 0.3) is 5.91 Å². The van der Waals surface area contributed by atoms with E-state index in [1.165, 1.54) is 11.0 Å². The topological polar surface area (TPSA) is 37.4 Å². The number of ketones is 1. The molecule has 2 rings (SSSR count). The quantitative estimate of drug-likeness (QED) is 0.653. The largest absolute Gasteiger partial charge is 0.303 e. The Morgan fingerprint density at radius 2 is 2.07 bits per heavy atom. The first-order valence-corrected chi connectivity index (χ1v) is 4.70. The van der Waals surface area contributed by atoms with Crippen molar-refractivity contribution in [2.45, 2.75) is 13.3 Å². The van der Waals surface area contributed by atoms with Gasteiger partial charge >= 0.3 is 0 Å². The Morgan fingerprint density at radius 1 is 1.33 bits per heavy atom. The van der Waals surface area contributed by atoms with E-state index in [0.717, 1.165) is 5.56 Å². The second-order valence-corrected chi connectivity index (χ2v) is 3.58. The first kappa shape index (κ1) is 9.83. The second kappa shape index (κ2) is 3.46. The van der Waals surface area contributed by atoms with Crippen LogP contribution in [0.3, 0.4) is 0 Å². The van der Waals surface area contributed by atoms with E-state index in [1.807, 2.05) is 6.92 Å². The van der Waals surface area contributed by atoms with Crippen LogP contribution in [-0.4, -0.2) is 18.2 Å². The minimum absolute atomic E-state index is 0.173. The van der Waals surface area contributed by atoms with Crippen molar-refractivity contribution < 1.29 is 14.0 Å². The summed E-state index contributed by atoms with van der Waals surface area (Å²) in [6, 6.07) is 4.51. The van der Waals surface area contributed by atoms with Crippen molar-refractivity contribution in [2.75, 3.05) is 11.4 Å². The predicted octanol–water partition coefficient (Wildman–Crippen LogP) is 1.44. The van der Waals surface area contributed by atoms with Gasteiger partial charge in [-0.2, -0.15) is 0 Å². The van der Waals surface area contributed by atoms with Crippen LogP contribution in [0.2, 0.25) is 0 Å². The summed E-state index contributed by atoms with van der Waals surface area (Å²) in [7, 11) is 0. The molecule has 1 fully saturated rings. The lowest BCUT2D eigenvalue weighted by atomic mass is 10.2. The zero-order valence-corrected chi connectivity index (χ0v) is 8.29. The van der Waals surface area contributed by atoms with Crippen molar-refractivity contribution in [3.05, 3.63) is 29.6 Å². The van der Waals surface area contributed by atoms with Crippen molar-refractivity contribution in [3.63, 3.8) is 0 Å². The van der Waals surface area contributed by atoms with E-state index in [9.17, 15) is 14.0 Å². The zero-order valence-electron chi connectivity index (χ0n) is 8.29. The lowest BCUT2D eigenvalue weighted by Crippen LogP contribution is -2.27. The molecule has 1 heterocycles. The lowest BCUT2D eigenvalue weighted by molar-refractivity contribution is -0.133. The molecule has 3 nitrogen and oxygen atoms in total. The molecule has 0 unspecified atom stereocenters. The van der Waals surface area contributed by atoms with Crippen LogP contribution >= 0.6 is 0 Å². The normalized spacial score (nSPS) is 16.3. The molecular formula is C11H10FNO2. The molecule has 0 bridgehead atoms. The molecule has 0 spiro atoms. The fourth-order valence-corrected chi connectivity index (χ4v) is 1.63. The number of anilines is 1. The Hall–Kier alpha value is -1.71. The smallest absolute Gasteiger partial charge is 0.294 e. The van der Waals surface area contributed by atoms with Gasteiger partial charge in [-0.15, -0.1) is 0 Å². The van der Waals surface area contributed by atoms with E-state index in [0.29, 0.717) is 0 Å². The van der Waals surface area contributed by atoms with Gasteiger partial charge in [0, 0.05) is 13.0 Å². The molecule has 1 saturated heterocycles. The SMILES string of the molecule is Cc1ccc(F)c(N2CCC(=O)C2=O)c1. The molecule has 0 aliphatic carbocycles. The van der Waals surface area contributed by atoms with Gasteiger partial charge in [0.2, 0.25) is 5.78 Å². The van der Waals surface area contributed by atoms with Gasteiger partial charge in [0.1, 0.15) is 5.82 Å². The molecule has 0 radical (unpaired) electrons. The number of halogens is 1. The van der Waals surface area contributed by atoms with E-state index in [4.69, 9.17) is 0 Å². The van der Waals surface area contributed by atoms with Crippen molar-refractivity contribution in [2.24, 2.45) is 0 Å². The molecule has 0 aromatic heterocycles. The highest BCUT2D eigenvalue weighted by atomic mass is 19.1. The molecule has 0 atom stereocenters. The Balaban J connectivity index is 2.42. The fourth-order valence-electron chi connectivity index (χ4n) is 1.63. The molecule has 78 valence electrons. The van der Waals surface area contributed by atoms with E-state index in [1.54, 1.807) is 12.1 Å². The maximum Gasteiger partial charge on any atom is 0.294 e. The standard InChI is InChI=1S/C11H10FNO2/c1-7-2-3-8(12)9(6-7)13-5-4-10(14)11(13)15/h2-3,6H,4-5H2,1H3. The number of benzene rings is 1. The molecule has 0 N–H and O–H groups in total. The van der Waals surface area contributed by atoms with E-state index in [-0.39, 0.29) is 18.7 Å². The first-order chi connectivity index (χ1) is 7.09. The number of carbonyl (C=O) groups excluding carboxylic acids is 2. The van der Waals surface area contributed by atoms with Crippen LogP contribution in [0, 0.1) is 12.7 Å². The predicted molar refractivity (Wildman–Crippen MR) is 53.1 cm³/mol. The number of hydrogen-bond donors (Lipinski definition) is 0. The number of hydrogen-bond acceptors (Lipinski definition) is 2. The fraction of sp³-hybridized carbons (Fsp3) is 0.273. The highest BCUT2D eigenvalue weighted by molar-refractivity contribution is 6.43. The Bertz CT molecular complexity index is 442. The summed E-state index contributed by atoms with van der Waals surface area (Å²) in [5.74, 6) is -1.53. The van der Waals surface area contributed by atoms with Crippen LogP contribution in [0.5, 0.6) is 0 Å². The molecule has 15 heavy (non-hydrogen) atoms. The van der Waals surface area contributed by atoms with Crippen LogP contribution in [0.1, 0.15) is 12.0 Å². The third-order valence-electron chi connectivity index (χ3n) is 2.44. The average Bonchev–Trinajstić information content (AvgIpc) is 2.52. The summed E-state index contributed by atoms with van der Waals surface area (Å²) >= 11 is 0. The Kier molecular flexibility index (Phi) is 2.26. The van der Waals surface area contributed by atoms with Crippen molar-refractivity contribution in [1.82, 2.24) is 0 Å². The van der Waals surface area contributed by atoms with Crippen LogP contribution in [-0.2, 0) is 9.59 Å². The third kappa shape index (κ3) is 1.63. The number of Topliss-reactive ketones (excluding diaryl/α,β-unsaturated/α-hetero) is 1. The number of carbonyl (C=O) groups is 2. The number of nitrogens with zero attached hydrogens (tertiary/aromatic N) is 1. The van der Waals surface area contributed by atoms with E-state index in [2.05, 4.69) is 0 Å². The summed E-state index contributed by atoms with van der Waals surface area (Å²) in [6.45, 7) is 2.09. The van der Waals surface area contributed by atoms with Gasteiger partial charge < -0.3 is 4.90 Å². The third-order valence-corrected chi connectivity index (χ3v) is 2.44. The van der Waals surface area contributed by atoms with Gasteiger partial charge in [-0.3, -0.25) is 9.59 Å². The van der Waals surface area contributed by atoms with Gasteiger partial charge in [-0.25, -0.2) is 4.39 Å². The lowest BCUT2D eigenvalue weighted by Gasteiger charge is -2.15. The molecule has 1 aliphatic heterocycles. The second-order valence-electron chi connectivity index (χ2n) is 3.58. The summed E-state index contributed by atoms with van der Waals surface area (Å²) in [6.07, 6.45) is 0.173.